The Labute approximate surface area is 89.2 Å². The predicted octanol–water partition coefficient (Wildman–Crippen LogP) is 1.61. The maximum absolute atomic E-state index is 11.7. The fourth-order valence-electron chi connectivity index (χ4n) is 1.25. The van der Waals surface area contributed by atoms with Crippen LogP contribution in [0.1, 0.15) is 44.2 Å². The molecule has 5 nitrogen and oxygen atoms in total. The van der Waals surface area contributed by atoms with Crippen LogP contribution in [0.4, 0.5) is 5.69 Å². The van der Waals surface area contributed by atoms with Gasteiger partial charge in [0, 0.05) is 6.04 Å². The minimum Gasteiger partial charge on any atom is -0.458 e. The average Bonchev–Trinajstić information content (AvgIpc) is 2.45. The largest absolute Gasteiger partial charge is 0.458 e. The SMILES string of the molecule is CC(C)OC(=O)c1c(N)cnn1C(C)C. The van der Waals surface area contributed by atoms with Gasteiger partial charge in [0.05, 0.1) is 18.0 Å². The van der Waals surface area contributed by atoms with E-state index in [-0.39, 0.29) is 12.1 Å². The molecular formula is C10H17N3O2. The lowest BCUT2D eigenvalue weighted by Gasteiger charge is -2.12. The normalized spacial score (nSPS) is 11.1. The molecule has 15 heavy (non-hydrogen) atoms. The van der Waals surface area contributed by atoms with Crippen molar-refractivity contribution in [1.29, 1.82) is 0 Å². The van der Waals surface area contributed by atoms with Crippen molar-refractivity contribution in [1.82, 2.24) is 9.78 Å². The molecule has 0 radical (unpaired) electrons. The molecule has 0 aliphatic rings. The number of nitrogens with two attached hydrogens (primary N) is 1. The van der Waals surface area contributed by atoms with Crippen LogP contribution in [0.3, 0.4) is 0 Å². The summed E-state index contributed by atoms with van der Waals surface area (Å²) in [6, 6.07) is 0.0806. The standard InChI is InChI=1S/C10H17N3O2/c1-6(2)13-9(8(11)5-12-13)10(14)15-7(3)4/h5-7H,11H2,1-4H3. The topological polar surface area (TPSA) is 70.1 Å². The highest BCUT2D eigenvalue weighted by atomic mass is 16.5. The fraction of sp³-hybridized carbons (Fsp3) is 0.600. The van der Waals surface area contributed by atoms with Crippen LogP contribution in [0.5, 0.6) is 0 Å². The highest BCUT2D eigenvalue weighted by molar-refractivity contribution is 5.93. The number of hydrogen-bond acceptors (Lipinski definition) is 4. The molecule has 0 bridgehead atoms. The van der Waals surface area contributed by atoms with Gasteiger partial charge in [0.25, 0.3) is 0 Å². The van der Waals surface area contributed by atoms with Gasteiger partial charge >= 0.3 is 5.97 Å². The van der Waals surface area contributed by atoms with Crippen LogP contribution in [0.15, 0.2) is 6.20 Å². The van der Waals surface area contributed by atoms with Gasteiger partial charge in [-0.3, -0.25) is 4.68 Å². The zero-order valence-electron chi connectivity index (χ0n) is 9.52. The number of ether oxygens (including phenoxy) is 1. The fourth-order valence-corrected chi connectivity index (χ4v) is 1.25. The lowest BCUT2D eigenvalue weighted by molar-refractivity contribution is 0.0362. The smallest absolute Gasteiger partial charge is 0.359 e. The molecule has 1 rings (SSSR count). The lowest BCUT2D eigenvalue weighted by atomic mass is 10.3. The number of hydrogen-bond donors (Lipinski definition) is 1. The number of carbonyl (C=O) groups excluding carboxylic acids is 1. The Morgan fingerprint density at radius 1 is 1.47 bits per heavy atom. The summed E-state index contributed by atoms with van der Waals surface area (Å²) in [5.41, 5.74) is 6.36. The zero-order valence-corrected chi connectivity index (χ0v) is 9.52. The van der Waals surface area contributed by atoms with E-state index in [0.29, 0.717) is 11.4 Å². The van der Waals surface area contributed by atoms with Gasteiger partial charge in [-0.1, -0.05) is 0 Å². The Bertz CT molecular complexity index is 356. The second-order valence-corrected chi connectivity index (χ2v) is 3.94. The molecule has 0 unspecified atom stereocenters. The number of rotatable bonds is 3. The summed E-state index contributed by atoms with van der Waals surface area (Å²) in [5.74, 6) is -0.422. The van der Waals surface area contributed by atoms with Crippen LogP contribution >= 0.6 is 0 Å². The minimum atomic E-state index is -0.422. The number of carbonyl (C=O) groups is 1. The Balaban J connectivity index is 3.01. The van der Waals surface area contributed by atoms with Gasteiger partial charge in [0.2, 0.25) is 0 Å². The van der Waals surface area contributed by atoms with E-state index in [1.54, 1.807) is 18.5 Å². The molecule has 0 aliphatic carbocycles. The Hall–Kier alpha value is -1.52. The van der Waals surface area contributed by atoms with Crippen molar-refractivity contribution in [2.45, 2.75) is 39.8 Å². The monoisotopic (exact) mass is 211 g/mol. The maximum atomic E-state index is 11.7. The van der Waals surface area contributed by atoms with Crippen molar-refractivity contribution in [2.75, 3.05) is 5.73 Å². The molecule has 0 saturated heterocycles. The van der Waals surface area contributed by atoms with Gasteiger partial charge in [0.1, 0.15) is 0 Å². The first-order valence-corrected chi connectivity index (χ1v) is 4.97. The summed E-state index contributed by atoms with van der Waals surface area (Å²) in [7, 11) is 0. The molecule has 0 amide bonds. The van der Waals surface area contributed by atoms with Gasteiger partial charge in [0.15, 0.2) is 5.69 Å². The third-order valence-corrected chi connectivity index (χ3v) is 1.85. The molecule has 0 spiro atoms. The van der Waals surface area contributed by atoms with E-state index in [1.165, 1.54) is 6.20 Å². The number of nitrogens with zero attached hydrogens (tertiary/aromatic N) is 2. The quantitative estimate of drug-likeness (QED) is 0.771. The van der Waals surface area contributed by atoms with Crippen molar-refractivity contribution in [3.05, 3.63) is 11.9 Å². The summed E-state index contributed by atoms with van der Waals surface area (Å²) in [6.45, 7) is 7.45. The van der Waals surface area contributed by atoms with E-state index < -0.39 is 5.97 Å². The summed E-state index contributed by atoms with van der Waals surface area (Å²) in [5, 5.41) is 4.03. The molecule has 0 aromatic carbocycles. The third kappa shape index (κ3) is 2.49. The number of aromatic nitrogens is 2. The van der Waals surface area contributed by atoms with E-state index in [0.717, 1.165) is 0 Å². The van der Waals surface area contributed by atoms with Gasteiger partial charge in [-0.15, -0.1) is 0 Å². The van der Waals surface area contributed by atoms with Crippen LogP contribution in [-0.2, 0) is 4.74 Å². The molecule has 1 aromatic heterocycles. The van der Waals surface area contributed by atoms with Crippen molar-refractivity contribution in [3.8, 4) is 0 Å². The van der Waals surface area contributed by atoms with Gasteiger partial charge in [-0.25, -0.2) is 4.79 Å². The average molecular weight is 211 g/mol. The predicted molar refractivity (Wildman–Crippen MR) is 57.6 cm³/mol. The highest BCUT2D eigenvalue weighted by Crippen LogP contribution is 2.17. The van der Waals surface area contributed by atoms with E-state index in [1.807, 2.05) is 13.8 Å². The van der Waals surface area contributed by atoms with Gasteiger partial charge < -0.3 is 10.5 Å². The van der Waals surface area contributed by atoms with Crippen LogP contribution in [0.2, 0.25) is 0 Å². The zero-order chi connectivity index (χ0) is 11.6. The first-order valence-electron chi connectivity index (χ1n) is 4.97. The molecule has 1 aromatic rings. The second kappa shape index (κ2) is 4.33. The van der Waals surface area contributed by atoms with Crippen molar-refractivity contribution >= 4 is 11.7 Å². The molecule has 0 fully saturated rings. The Morgan fingerprint density at radius 2 is 2.07 bits per heavy atom. The Morgan fingerprint density at radius 3 is 2.53 bits per heavy atom. The summed E-state index contributed by atoms with van der Waals surface area (Å²) in [6.07, 6.45) is 1.31. The molecule has 0 atom stereocenters. The lowest BCUT2D eigenvalue weighted by Crippen LogP contribution is -2.19. The van der Waals surface area contributed by atoms with Crippen molar-refractivity contribution < 1.29 is 9.53 Å². The maximum Gasteiger partial charge on any atom is 0.359 e. The first kappa shape index (κ1) is 11.6. The highest BCUT2D eigenvalue weighted by Gasteiger charge is 2.20. The number of esters is 1. The van der Waals surface area contributed by atoms with Crippen LogP contribution in [0, 0.1) is 0 Å². The number of anilines is 1. The van der Waals surface area contributed by atoms with E-state index in [9.17, 15) is 4.79 Å². The van der Waals surface area contributed by atoms with E-state index >= 15 is 0 Å². The van der Waals surface area contributed by atoms with Crippen LogP contribution < -0.4 is 5.73 Å². The van der Waals surface area contributed by atoms with Gasteiger partial charge in [-0.2, -0.15) is 5.10 Å². The van der Waals surface area contributed by atoms with Crippen molar-refractivity contribution in [3.63, 3.8) is 0 Å². The molecular weight excluding hydrogens is 194 g/mol. The minimum absolute atomic E-state index is 0.0806. The molecule has 0 saturated carbocycles. The third-order valence-electron chi connectivity index (χ3n) is 1.85. The van der Waals surface area contributed by atoms with Crippen LogP contribution in [-0.4, -0.2) is 21.9 Å². The molecule has 2 N–H and O–H groups in total. The van der Waals surface area contributed by atoms with E-state index in [2.05, 4.69) is 5.10 Å². The Kier molecular flexibility index (Phi) is 3.34. The molecule has 84 valence electrons. The van der Waals surface area contributed by atoms with Crippen molar-refractivity contribution in [2.24, 2.45) is 0 Å². The second-order valence-electron chi connectivity index (χ2n) is 3.94. The van der Waals surface area contributed by atoms with Crippen LogP contribution in [0.25, 0.3) is 0 Å². The summed E-state index contributed by atoms with van der Waals surface area (Å²) in [4.78, 5) is 11.7. The molecule has 0 aliphatic heterocycles. The summed E-state index contributed by atoms with van der Waals surface area (Å²) < 4.78 is 6.66. The first-order chi connectivity index (χ1) is 6.93. The van der Waals surface area contributed by atoms with Gasteiger partial charge in [-0.05, 0) is 27.7 Å². The van der Waals surface area contributed by atoms with E-state index in [4.69, 9.17) is 10.5 Å². The number of nitrogen functional groups attached to an aromatic ring is 1. The summed E-state index contributed by atoms with van der Waals surface area (Å²) >= 11 is 0. The molecule has 1 heterocycles. The molecule has 5 heteroatoms.